The lowest BCUT2D eigenvalue weighted by atomic mass is 10.1. The molecule has 0 aromatic heterocycles. The highest BCUT2D eigenvalue weighted by Gasteiger charge is 2.03. The molecule has 0 radical (unpaired) electrons. The molecule has 1 nitrogen and oxygen atoms in total. The number of rotatable bonds is 3. The van der Waals surface area contributed by atoms with Gasteiger partial charge in [-0.15, -0.1) is 0 Å². The van der Waals surface area contributed by atoms with E-state index in [1.54, 1.807) is 7.11 Å². The van der Waals surface area contributed by atoms with Crippen LogP contribution in [0.5, 0.6) is 5.75 Å². The lowest BCUT2D eigenvalue weighted by Crippen LogP contribution is -1.87. The van der Waals surface area contributed by atoms with Crippen LogP contribution in [0.1, 0.15) is 11.1 Å². The minimum Gasteiger partial charge on any atom is -0.489 e. The van der Waals surface area contributed by atoms with Crippen molar-refractivity contribution in [1.29, 1.82) is 0 Å². The molecule has 0 bridgehead atoms. The van der Waals surface area contributed by atoms with E-state index in [1.807, 2.05) is 36.4 Å². The van der Waals surface area contributed by atoms with E-state index in [9.17, 15) is 0 Å². The van der Waals surface area contributed by atoms with Crippen LogP contribution in [0.15, 0.2) is 54.6 Å². The third-order valence-corrected chi connectivity index (χ3v) is 2.23. The fourth-order valence-electron chi connectivity index (χ4n) is 1.47. The Balaban J connectivity index is 2.17. The van der Waals surface area contributed by atoms with E-state index in [1.165, 1.54) is 5.56 Å². The second-order valence-electron chi connectivity index (χ2n) is 3.33. The number of hydrogen-bond acceptors (Lipinski definition) is 1. The number of benzene rings is 2. The van der Waals surface area contributed by atoms with Gasteiger partial charge in [0.25, 0.3) is 0 Å². The van der Waals surface area contributed by atoms with Gasteiger partial charge < -0.3 is 4.74 Å². The van der Waals surface area contributed by atoms with Crippen LogP contribution in [-0.2, 0) is 0 Å². The van der Waals surface area contributed by atoms with Gasteiger partial charge in [-0.05, 0) is 30.3 Å². The topological polar surface area (TPSA) is 9.23 Å². The third kappa shape index (κ3) is 2.53. The molecule has 15 heavy (non-hydrogen) atoms. The van der Waals surface area contributed by atoms with Crippen molar-refractivity contribution in [3.63, 3.8) is 0 Å². The molecule has 0 aliphatic carbocycles. The highest BCUT2D eigenvalue weighted by Crippen LogP contribution is 2.17. The van der Waals surface area contributed by atoms with Crippen LogP contribution >= 0.6 is 0 Å². The molecule has 2 aromatic rings. The molecule has 74 valence electrons. The van der Waals surface area contributed by atoms with E-state index in [0.29, 0.717) is 0 Å². The molecule has 1 heteroatoms. The Morgan fingerprint density at radius 1 is 0.867 bits per heavy atom. The van der Waals surface area contributed by atoms with E-state index < -0.39 is 0 Å². The second kappa shape index (κ2) is 4.56. The number of ether oxygens (including phenoxy) is 1. The van der Waals surface area contributed by atoms with Gasteiger partial charge in [-0.2, -0.15) is 0 Å². The lowest BCUT2D eigenvalue weighted by molar-refractivity contribution is 0.414. The zero-order valence-electron chi connectivity index (χ0n) is 8.68. The molecule has 0 N–H and O–H groups in total. The van der Waals surface area contributed by atoms with Gasteiger partial charge in [0.05, 0.1) is 18.2 Å². The van der Waals surface area contributed by atoms with Crippen molar-refractivity contribution in [3.05, 3.63) is 72.1 Å². The van der Waals surface area contributed by atoms with Gasteiger partial charge in [0.2, 0.25) is 0 Å². The van der Waals surface area contributed by atoms with Crippen LogP contribution in [-0.4, -0.2) is 7.11 Å². The zero-order valence-corrected chi connectivity index (χ0v) is 8.68. The van der Waals surface area contributed by atoms with Crippen molar-refractivity contribution < 1.29 is 4.74 Å². The summed E-state index contributed by atoms with van der Waals surface area (Å²) in [6.07, 6.45) is 2.13. The van der Waals surface area contributed by atoms with Crippen LogP contribution < -0.4 is 4.74 Å². The highest BCUT2D eigenvalue weighted by molar-refractivity contribution is 5.40. The summed E-state index contributed by atoms with van der Waals surface area (Å²) in [7, 11) is 1.68. The van der Waals surface area contributed by atoms with E-state index >= 15 is 0 Å². The first-order chi connectivity index (χ1) is 7.38. The summed E-state index contributed by atoms with van der Waals surface area (Å²) < 4.78 is 5.17. The summed E-state index contributed by atoms with van der Waals surface area (Å²) in [6, 6.07) is 18.3. The van der Waals surface area contributed by atoms with Crippen molar-refractivity contribution in [2.45, 2.75) is 0 Å². The summed E-state index contributed by atoms with van der Waals surface area (Å²) >= 11 is 0. The first kappa shape index (κ1) is 9.66. The maximum Gasteiger partial charge on any atom is 0.153 e. The SMILES string of the molecule is COc1cccc([CH+]c2ccccc2)c1. The molecule has 0 unspecified atom stereocenters. The predicted octanol–water partition coefficient (Wildman–Crippen LogP) is 3.30. The molecule has 0 aliphatic rings. The molecule has 0 saturated heterocycles. The van der Waals surface area contributed by atoms with Gasteiger partial charge >= 0.3 is 0 Å². The Labute approximate surface area is 90.3 Å². The monoisotopic (exact) mass is 197 g/mol. The van der Waals surface area contributed by atoms with Crippen LogP contribution in [0, 0.1) is 6.42 Å². The largest absolute Gasteiger partial charge is 0.489 e. The Bertz CT molecular complexity index is 420. The van der Waals surface area contributed by atoms with Crippen molar-refractivity contribution in [3.8, 4) is 5.75 Å². The van der Waals surface area contributed by atoms with Crippen LogP contribution in [0.3, 0.4) is 0 Å². The average molecular weight is 197 g/mol. The maximum atomic E-state index is 5.17. The number of methoxy groups -OCH3 is 1. The molecular weight excluding hydrogens is 184 g/mol. The minimum atomic E-state index is 0.889. The van der Waals surface area contributed by atoms with Gasteiger partial charge in [-0.3, -0.25) is 0 Å². The van der Waals surface area contributed by atoms with Crippen LogP contribution in [0.2, 0.25) is 0 Å². The van der Waals surface area contributed by atoms with E-state index in [4.69, 9.17) is 4.74 Å². The van der Waals surface area contributed by atoms with Crippen molar-refractivity contribution in [2.24, 2.45) is 0 Å². The smallest absolute Gasteiger partial charge is 0.153 e. The van der Waals surface area contributed by atoms with Gasteiger partial charge in [0.15, 0.2) is 5.75 Å². The fraction of sp³-hybridized carbons (Fsp3) is 0.0714. The first-order valence-electron chi connectivity index (χ1n) is 4.92. The Hall–Kier alpha value is -1.89. The third-order valence-electron chi connectivity index (χ3n) is 2.23. The molecular formula is C14H13O+. The molecule has 0 amide bonds. The molecule has 0 spiro atoms. The molecule has 0 aliphatic heterocycles. The lowest BCUT2D eigenvalue weighted by Gasteiger charge is -1.98. The highest BCUT2D eigenvalue weighted by atomic mass is 16.5. The normalized spacial score (nSPS) is 9.67. The Morgan fingerprint density at radius 2 is 1.60 bits per heavy atom. The Morgan fingerprint density at radius 3 is 2.33 bits per heavy atom. The van der Waals surface area contributed by atoms with E-state index in [-0.39, 0.29) is 0 Å². The van der Waals surface area contributed by atoms with Gasteiger partial charge in [-0.25, -0.2) is 0 Å². The zero-order chi connectivity index (χ0) is 10.5. The summed E-state index contributed by atoms with van der Waals surface area (Å²) in [5, 5.41) is 0. The van der Waals surface area contributed by atoms with Crippen LogP contribution in [0.4, 0.5) is 0 Å². The maximum absolute atomic E-state index is 5.17. The first-order valence-corrected chi connectivity index (χ1v) is 4.92. The van der Waals surface area contributed by atoms with E-state index in [0.717, 1.165) is 11.3 Å². The van der Waals surface area contributed by atoms with E-state index in [2.05, 4.69) is 24.6 Å². The van der Waals surface area contributed by atoms with Gasteiger partial charge in [-0.1, -0.05) is 0 Å². The molecule has 2 aromatic carbocycles. The summed E-state index contributed by atoms with van der Waals surface area (Å²) in [6.45, 7) is 0. The van der Waals surface area contributed by atoms with Crippen molar-refractivity contribution in [2.75, 3.05) is 7.11 Å². The van der Waals surface area contributed by atoms with Crippen LogP contribution in [0.25, 0.3) is 0 Å². The molecule has 0 heterocycles. The minimum absolute atomic E-state index is 0.889. The second-order valence-corrected chi connectivity index (χ2v) is 3.33. The Kier molecular flexibility index (Phi) is 2.93. The molecule has 2 rings (SSSR count). The van der Waals surface area contributed by atoms with Gasteiger partial charge in [0, 0.05) is 30.7 Å². The molecule has 0 fully saturated rings. The van der Waals surface area contributed by atoms with Crippen molar-refractivity contribution in [1.82, 2.24) is 0 Å². The summed E-state index contributed by atoms with van der Waals surface area (Å²) in [5.41, 5.74) is 2.35. The van der Waals surface area contributed by atoms with Crippen molar-refractivity contribution >= 4 is 0 Å². The standard InChI is InChI=1S/C14H13O/c1-15-14-9-5-8-13(11-14)10-12-6-3-2-4-7-12/h2-11H,1H3/q+1. The molecule has 0 saturated carbocycles. The quantitative estimate of drug-likeness (QED) is 0.686. The predicted molar refractivity (Wildman–Crippen MR) is 61.9 cm³/mol. The summed E-state index contributed by atoms with van der Waals surface area (Å²) in [5.74, 6) is 0.889. The number of hydrogen-bond donors (Lipinski definition) is 0. The fourth-order valence-corrected chi connectivity index (χ4v) is 1.47. The van der Waals surface area contributed by atoms with Gasteiger partial charge in [0.1, 0.15) is 0 Å². The summed E-state index contributed by atoms with van der Waals surface area (Å²) in [4.78, 5) is 0. The molecule has 0 atom stereocenters. The average Bonchev–Trinajstić information content (AvgIpc) is 2.31.